The van der Waals surface area contributed by atoms with Gasteiger partial charge in [0.2, 0.25) is 4.58 Å². The molecule has 2 unspecified atom stereocenters. The van der Waals surface area contributed by atoms with E-state index in [1.54, 1.807) is 24.3 Å². The van der Waals surface area contributed by atoms with Crippen LogP contribution in [-0.4, -0.2) is 30.1 Å². The molecule has 0 spiro atoms. The second-order valence-corrected chi connectivity index (χ2v) is 8.43. The highest BCUT2D eigenvalue weighted by Gasteiger charge is 2.41. The van der Waals surface area contributed by atoms with Crippen LogP contribution in [0.1, 0.15) is 10.1 Å². The Labute approximate surface area is 129 Å². The van der Waals surface area contributed by atoms with Gasteiger partial charge in [-0.1, -0.05) is 42.5 Å². The quantitative estimate of drug-likeness (QED) is 0.595. The molecule has 0 fully saturated rings. The van der Waals surface area contributed by atoms with Crippen molar-refractivity contribution < 1.29 is 33.8 Å². The van der Waals surface area contributed by atoms with Crippen molar-refractivity contribution in [1.29, 1.82) is 0 Å². The molecule has 0 aliphatic carbocycles. The molecule has 0 aromatic heterocycles. The second kappa shape index (κ2) is 6.02. The molecule has 0 bridgehead atoms. The molecule has 2 aromatic rings. The van der Waals surface area contributed by atoms with Crippen molar-refractivity contribution in [1.82, 2.24) is 0 Å². The monoisotopic (exact) mass is 366 g/mol. The molecular formula is C11H10O8S3. The normalized spacial score (nSPS) is 15.5. The average Bonchev–Trinajstić information content (AvgIpc) is 2.35. The van der Waals surface area contributed by atoms with E-state index in [2.05, 4.69) is 3.63 Å². The predicted octanol–water partition coefficient (Wildman–Crippen LogP) is 1.21. The lowest BCUT2D eigenvalue weighted by Crippen LogP contribution is -2.25. The Balaban J connectivity index is 2.78. The number of benzene rings is 2. The molecule has 0 amide bonds. The second-order valence-electron chi connectivity index (χ2n) is 4.19. The summed E-state index contributed by atoms with van der Waals surface area (Å²) >= 11 is -3.26. The molecule has 2 rings (SSSR count). The van der Waals surface area contributed by atoms with E-state index in [0.29, 0.717) is 5.39 Å². The molecule has 8 nitrogen and oxygen atoms in total. The first kappa shape index (κ1) is 17.0. The third-order valence-corrected chi connectivity index (χ3v) is 7.00. The average molecular weight is 366 g/mol. The van der Waals surface area contributed by atoms with Crippen molar-refractivity contribution in [3.8, 4) is 0 Å². The Bertz CT molecular complexity index is 927. The van der Waals surface area contributed by atoms with Gasteiger partial charge in [0.1, 0.15) is 0 Å². The van der Waals surface area contributed by atoms with E-state index in [4.69, 9.17) is 4.55 Å². The number of fused-ring (bicyclic) bond motifs is 1. The first-order valence-electron chi connectivity index (χ1n) is 5.61. The van der Waals surface area contributed by atoms with Crippen LogP contribution < -0.4 is 0 Å². The van der Waals surface area contributed by atoms with Gasteiger partial charge in [-0.05, 0) is 16.3 Å². The van der Waals surface area contributed by atoms with Crippen LogP contribution in [0.25, 0.3) is 10.8 Å². The highest BCUT2D eigenvalue weighted by Crippen LogP contribution is 2.34. The lowest BCUT2D eigenvalue weighted by Gasteiger charge is -2.15. The predicted molar refractivity (Wildman–Crippen MR) is 79.0 cm³/mol. The zero-order valence-corrected chi connectivity index (χ0v) is 13.1. The third-order valence-electron chi connectivity index (χ3n) is 2.76. The summed E-state index contributed by atoms with van der Waals surface area (Å²) in [7, 11) is -10.3. The molecule has 0 radical (unpaired) electrons. The van der Waals surface area contributed by atoms with Gasteiger partial charge >= 0.3 is 21.5 Å². The maximum Gasteiger partial charge on any atom is 0.317 e. The Morgan fingerprint density at radius 1 is 1.00 bits per heavy atom. The number of hydrogen-bond acceptors (Lipinski definition) is 6. The van der Waals surface area contributed by atoms with Gasteiger partial charge in [-0.3, -0.25) is 9.11 Å². The fourth-order valence-corrected chi connectivity index (χ4v) is 5.50. The SMILES string of the molecule is O=S(O)OS(=O)(=O)C(c1cccc2ccccc12)S(=O)(=O)O. The number of rotatable bonds is 5. The van der Waals surface area contributed by atoms with Crippen LogP contribution in [0.15, 0.2) is 42.5 Å². The van der Waals surface area contributed by atoms with Crippen LogP contribution in [0.4, 0.5) is 0 Å². The lowest BCUT2D eigenvalue weighted by molar-refractivity contribution is 0.435. The van der Waals surface area contributed by atoms with Crippen molar-refractivity contribution in [2.75, 3.05) is 0 Å². The van der Waals surface area contributed by atoms with Gasteiger partial charge in [0.15, 0.2) is 0 Å². The van der Waals surface area contributed by atoms with Crippen molar-refractivity contribution in [3.63, 3.8) is 0 Å². The molecule has 0 heterocycles. The van der Waals surface area contributed by atoms with E-state index in [-0.39, 0.29) is 10.9 Å². The summed E-state index contributed by atoms with van der Waals surface area (Å²) in [4.78, 5) is 0. The molecule has 2 aromatic carbocycles. The first-order chi connectivity index (χ1) is 10.1. The van der Waals surface area contributed by atoms with E-state index in [1.807, 2.05) is 0 Å². The molecule has 0 aliphatic rings. The fraction of sp³-hybridized carbons (Fsp3) is 0.0909. The summed E-state index contributed by atoms with van der Waals surface area (Å²) in [5.41, 5.74) is -0.286. The zero-order valence-electron chi connectivity index (χ0n) is 10.7. The first-order valence-corrected chi connectivity index (χ1v) is 9.62. The Kier molecular flexibility index (Phi) is 4.65. The lowest BCUT2D eigenvalue weighted by atomic mass is 10.1. The van der Waals surface area contributed by atoms with Gasteiger partial charge in [-0.2, -0.15) is 21.0 Å². The van der Waals surface area contributed by atoms with Crippen LogP contribution >= 0.6 is 0 Å². The van der Waals surface area contributed by atoms with E-state index in [1.165, 1.54) is 18.2 Å². The highest BCUT2D eigenvalue weighted by molar-refractivity contribution is 8.06. The smallest absolute Gasteiger partial charge is 0.284 e. The minimum Gasteiger partial charge on any atom is -0.284 e. The van der Waals surface area contributed by atoms with Gasteiger partial charge < -0.3 is 0 Å². The van der Waals surface area contributed by atoms with E-state index < -0.39 is 36.2 Å². The molecule has 2 N–H and O–H groups in total. The molecule has 11 heteroatoms. The van der Waals surface area contributed by atoms with Crippen LogP contribution in [0.2, 0.25) is 0 Å². The fourth-order valence-electron chi connectivity index (χ4n) is 2.04. The van der Waals surface area contributed by atoms with Crippen LogP contribution in [0.3, 0.4) is 0 Å². The summed E-state index contributed by atoms with van der Waals surface area (Å²) in [6, 6.07) is 10.4. The van der Waals surface area contributed by atoms with Gasteiger partial charge in [-0.25, -0.2) is 0 Å². The minimum absolute atomic E-state index is 0.239. The molecule has 120 valence electrons. The maximum absolute atomic E-state index is 11.9. The van der Waals surface area contributed by atoms with E-state index in [9.17, 15) is 25.6 Å². The zero-order chi connectivity index (χ0) is 16.5. The van der Waals surface area contributed by atoms with Crippen LogP contribution in [-0.2, 0) is 35.2 Å². The van der Waals surface area contributed by atoms with Crippen molar-refractivity contribution in [2.45, 2.75) is 4.58 Å². The highest BCUT2D eigenvalue weighted by atomic mass is 32.3. The molecular weight excluding hydrogens is 356 g/mol. The van der Waals surface area contributed by atoms with Crippen molar-refractivity contribution in [2.24, 2.45) is 0 Å². The van der Waals surface area contributed by atoms with Gasteiger partial charge in [0.25, 0.3) is 10.1 Å². The Hall–Kier alpha value is -1.37. The number of hydrogen-bond donors (Lipinski definition) is 2. The summed E-state index contributed by atoms with van der Waals surface area (Å²) in [5.74, 6) is 0. The molecule has 22 heavy (non-hydrogen) atoms. The molecule has 2 atom stereocenters. The largest absolute Gasteiger partial charge is 0.317 e. The summed E-state index contributed by atoms with van der Waals surface area (Å²) < 4.78 is 76.5. The van der Waals surface area contributed by atoms with Crippen LogP contribution in [0.5, 0.6) is 0 Å². The maximum atomic E-state index is 11.9. The van der Waals surface area contributed by atoms with E-state index >= 15 is 0 Å². The van der Waals surface area contributed by atoms with Crippen molar-refractivity contribution in [3.05, 3.63) is 48.0 Å². The minimum atomic E-state index is -5.17. The molecule has 0 aliphatic heterocycles. The molecule has 0 saturated carbocycles. The van der Waals surface area contributed by atoms with Gasteiger partial charge in [0.05, 0.1) is 0 Å². The Morgan fingerprint density at radius 2 is 1.59 bits per heavy atom. The van der Waals surface area contributed by atoms with Gasteiger partial charge in [-0.15, -0.1) is 3.63 Å². The third kappa shape index (κ3) is 3.51. The van der Waals surface area contributed by atoms with Crippen molar-refractivity contribution >= 4 is 42.4 Å². The summed E-state index contributed by atoms with van der Waals surface area (Å²) in [6.07, 6.45) is 0. The van der Waals surface area contributed by atoms with Crippen LogP contribution in [0, 0.1) is 0 Å². The van der Waals surface area contributed by atoms with Gasteiger partial charge in [0, 0.05) is 0 Å². The summed E-state index contributed by atoms with van der Waals surface area (Å²) in [6.45, 7) is 0. The topological polar surface area (TPSA) is 135 Å². The standard InChI is InChI=1S/C11H10O8S3/c12-20(13)19-22(17,18)11(21(14,15)16)10-7-3-5-8-4-1-2-6-9(8)10/h1-7,11H,(H,12,13)(H,14,15,16). The van der Waals surface area contributed by atoms with E-state index in [0.717, 1.165) is 0 Å². The molecule has 0 saturated heterocycles. The summed E-state index contributed by atoms with van der Waals surface area (Å²) in [5, 5.41) is 0.762. The Morgan fingerprint density at radius 3 is 2.18 bits per heavy atom.